The molecule has 1 aromatic rings. The number of hydrogen-bond donors (Lipinski definition) is 2. The van der Waals surface area contributed by atoms with Gasteiger partial charge in [0.25, 0.3) is 0 Å². The maximum Gasteiger partial charge on any atom is 0.108 e. The molecule has 0 aliphatic carbocycles. The number of hydrazine groups is 1. The largest absolute Gasteiger partial charge is 0.382 e. The van der Waals surface area contributed by atoms with Crippen molar-refractivity contribution in [2.24, 2.45) is 12.9 Å². The molecule has 5 heteroatoms. The first-order chi connectivity index (χ1) is 8.27. The summed E-state index contributed by atoms with van der Waals surface area (Å²) in [5.74, 6) is 6.65. The van der Waals surface area contributed by atoms with Gasteiger partial charge in [-0.1, -0.05) is 0 Å². The standard InChI is InChI=1S/C12H24N4O/c1-3-17-10-4-5-11(15-13)6-7-12-14-8-9-16(12)2/h8-9,11,15H,3-7,10,13H2,1-2H3. The Morgan fingerprint density at radius 3 is 2.94 bits per heavy atom. The number of nitrogens with zero attached hydrogens (tertiary/aromatic N) is 2. The maximum absolute atomic E-state index is 5.55. The van der Waals surface area contributed by atoms with Crippen LogP contribution in [0.2, 0.25) is 0 Å². The fourth-order valence-corrected chi connectivity index (χ4v) is 1.83. The molecule has 0 amide bonds. The van der Waals surface area contributed by atoms with Gasteiger partial charge in [0, 0.05) is 45.1 Å². The third-order valence-electron chi connectivity index (χ3n) is 2.92. The molecule has 5 nitrogen and oxygen atoms in total. The fraction of sp³-hybridized carbons (Fsp3) is 0.750. The number of imidazole rings is 1. The second-order valence-electron chi connectivity index (χ2n) is 4.20. The fourth-order valence-electron chi connectivity index (χ4n) is 1.83. The van der Waals surface area contributed by atoms with Gasteiger partial charge in [0.05, 0.1) is 0 Å². The Hall–Kier alpha value is -0.910. The molecule has 1 heterocycles. The van der Waals surface area contributed by atoms with Gasteiger partial charge >= 0.3 is 0 Å². The Bertz CT molecular complexity index is 300. The van der Waals surface area contributed by atoms with Crippen molar-refractivity contribution < 1.29 is 4.74 Å². The summed E-state index contributed by atoms with van der Waals surface area (Å²) in [6.07, 6.45) is 7.84. The lowest BCUT2D eigenvalue weighted by Crippen LogP contribution is -2.35. The van der Waals surface area contributed by atoms with Crippen LogP contribution in [0, 0.1) is 0 Å². The minimum Gasteiger partial charge on any atom is -0.382 e. The van der Waals surface area contributed by atoms with E-state index in [0.717, 1.165) is 44.7 Å². The average molecular weight is 240 g/mol. The predicted molar refractivity (Wildman–Crippen MR) is 68.4 cm³/mol. The molecule has 98 valence electrons. The van der Waals surface area contributed by atoms with Crippen LogP contribution < -0.4 is 11.3 Å². The third-order valence-corrected chi connectivity index (χ3v) is 2.92. The molecule has 0 bridgehead atoms. The normalized spacial score (nSPS) is 12.9. The van der Waals surface area contributed by atoms with Gasteiger partial charge in [-0.25, -0.2) is 4.98 Å². The van der Waals surface area contributed by atoms with E-state index in [-0.39, 0.29) is 0 Å². The molecule has 1 unspecified atom stereocenters. The third kappa shape index (κ3) is 5.30. The van der Waals surface area contributed by atoms with Crippen LogP contribution in [0.15, 0.2) is 12.4 Å². The van der Waals surface area contributed by atoms with Crippen LogP contribution in [0.5, 0.6) is 0 Å². The number of ether oxygens (including phenoxy) is 1. The molecule has 0 saturated heterocycles. The van der Waals surface area contributed by atoms with E-state index in [4.69, 9.17) is 10.6 Å². The van der Waals surface area contributed by atoms with Gasteiger partial charge in [0.1, 0.15) is 5.82 Å². The lowest BCUT2D eigenvalue weighted by Gasteiger charge is -2.15. The summed E-state index contributed by atoms with van der Waals surface area (Å²) in [5, 5.41) is 0. The minimum atomic E-state index is 0.340. The zero-order chi connectivity index (χ0) is 12.5. The quantitative estimate of drug-likeness (QED) is 0.384. The molecule has 0 aliphatic rings. The van der Waals surface area contributed by atoms with Gasteiger partial charge in [-0.15, -0.1) is 0 Å². The monoisotopic (exact) mass is 240 g/mol. The van der Waals surface area contributed by atoms with E-state index in [1.54, 1.807) is 0 Å². The SMILES string of the molecule is CCOCCCC(CCc1nccn1C)NN. The highest BCUT2D eigenvalue weighted by Gasteiger charge is 2.08. The highest BCUT2D eigenvalue weighted by molar-refractivity contribution is 4.91. The molecule has 0 radical (unpaired) electrons. The molecular weight excluding hydrogens is 216 g/mol. The van der Waals surface area contributed by atoms with Gasteiger partial charge in [-0.05, 0) is 26.2 Å². The zero-order valence-electron chi connectivity index (χ0n) is 10.9. The Balaban J connectivity index is 2.20. The molecule has 0 aromatic carbocycles. The number of hydrogen-bond acceptors (Lipinski definition) is 4. The lowest BCUT2D eigenvalue weighted by atomic mass is 10.1. The molecule has 0 saturated carbocycles. The van der Waals surface area contributed by atoms with Crippen molar-refractivity contribution in [1.29, 1.82) is 0 Å². The van der Waals surface area contributed by atoms with Gasteiger partial charge in [0.2, 0.25) is 0 Å². The van der Waals surface area contributed by atoms with Crippen LogP contribution >= 0.6 is 0 Å². The number of nitrogens with two attached hydrogens (primary N) is 1. The molecule has 3 N–H and O–H groups in total. The summed E-state index contributed by atoms with van der Waals surface area (Å²) in [7, 11) is 2.02. The van der Waals surface area contributed by atoms with Crippen LogP contribution in [0.4, 0.5) is 0 Å². The first-order valence-corrected chi connectivity index (χ1v) is 6.28. The smallest absolute Gasteiger partial charge is 0.108 e. The van der Waals surface area contributed by atoms with E-state index < -0.39 is 0 Å². The highest BCUT2D eigenvalue weighted by Crippen LogP contribution is 2.06. The topological polar surface area (TPSA) is 65.1 Å². The van der Waals surface area contributed by atoms with Crippen LogP contribution in [0.1, 0.15) is 32.0 Å². The van der Waals surface area contributed by atoms with Gasteiger partial charge in [0.15, 0.2) is 0 Å². The maximum atomic E-state index is 5.55. The Labute approximate surface area is 103 Å². The van der Waals surface area contributed by atoms with Crippen molar-refractivity contribution in [3.8, 4) is 0 Å². The van der Waals surface area contributed by atoms with E-state index in [1.165, 1.54) is 0 Å². The Morgan fingerprint density at radius 2 is 2.35 bits per heavy atom. The second kappa shape index (κ2) is 8.22. The van der Waals surface area contributed by atoms with E-state index in [2.05, 4.69) is 10.4 Å². The average Bonchev–Trinajstić information content (AvgIpc) is 2.74. The molecule has 17 heavy (non-hydrogen) atoms. The van der Waals surface area contributed by atoms with Gasteiger partial charge in [-0.3, -0.25) is 11.3 Å². The number of aromatic nitrogens is 2. The van der Waals surface area contributed by atoms with Crippen LogP contribution in [0.25, 0.3) is 0 Å². The van der Waals surface area contributed by atoms with Gasteiger partial charge < -0.3 is 9.30 Å². The van der Waals surface area contributed by atoms with Gasteiger partial charge in [-0.2, -0.15) is 0 Å². The predicted octanol–water partition coefficient (Wildman–Crippen LogP) is 1.00. The van der Waals surface area contributed by atoms with Crippen molar-refractivity contribution in [3.63, 3.8) is 0 Å². The summed E-state index contributed by atoms with van der Waals surface area (Å²) < 4.78 is 7.36. The van der Waals surface area contributed by atoms with Crippen LogP contribution in [0.3, 0.4) is 0 Å². The molecule has 1 rings (SSSR count). The summed E-state index contributed by atoms with van der Waals surface area (Å²) in [4.78, 5) is 4.30. The van der Waals surface area contributed by atoms with E-state index >= 15 is 0 Å². The first-order valence-electron chi connectivity index (χ1n) is 6.28. The number of aryl methyl sites for hydroxylation is 2. The van der Waals surface area contributed by atoms with Crippen molar-refractivity contribution in [3.05, 3.63) is 18.2 Å². The summed E-state index contributed by atoms with van der Waals surface area (Å²) in [5.41, 5.74) is 2.87. The zero-order valence-corrected chi connectivity index (χ0v) is 10.9. The minimum absolute atomic E-state index is 0.340. The second-order valence-corrected chi connectivity index (χ2v) is 4.20. The summed E-state index contributed by atoms with van der Waals surface area (Å²) in [6, 6.07) is 0.340. The summed E-state index contributed by atoms with van der Waals surface area (Å²) in [6.45, 7) is 3.62. The molecular formula is C12H24N4O. The Kier molecular flexibility index (Phi) is 6.84. The Morgan fingerprint density at radius 1 is 1.53 bits per heavy atom. The lowest BCUT2D eigenvalue weighted by molar-refractivity contribution is 0.140. The van der Waals surface area contributed by atoms with E-state index in [1.807, 2.05) is 30.9 Å². The highest BCUT2D eigenvalue weighted by atomic mass is 16.5. The molecule has 1 aromatic heterocycles. The van der Waals surface area contributed by atoms with Crippen LogP contribution in [-0.2, 0) is 18.2 Å². The van der Waals surface area contributed by atoms with E-state index in [9.17, 15) is 0 Å². The van der Waals surface area contributed by atoms with Crippen LogP contribution in [-0.4, -0.2) is 28.8 Å². The molecule has 1 atom stereocenters. The van der Waals surface area contributed by atoms with Crippen molar-refractivity contribution in [2.45, 2.75) is 38.6 Å². The molecule has 0 aliphatic heterocycles. The number of rotatable bonds is 9. The van der Waals surface area contributed by atoms with Crippen molar-refractivity contribution in [2.75, 3.05) is 13.2 Å². The first kappa shape index (κ1) is 14.2. The number of nitrogens with one attached hydrogen (secondary N) is 1. The molecule has 0 spiro atoms. The van der Waals surface area contributed by atoms with Crippen molar-refractivity contribution >= 4 is 0 Å². The van der Waals surface area contributed by atoms with Crippen molar-refractivity contribution in [1.82, 2.24) is 15.0 Å². The van der Waals surface area contributed by atoms with E-state index in [0.29, 0.717) is 6.04 Å². The summed E-state index contributed by atoms with van der Waals surface area (Å²) >= 11 is 0. The molecule has 0 fully saturated rings.